The van der Waals surface area contributed by atoms with Crippen LogP contribution in [0, 0.1) is 0 Å². The molecular formula is C14H22N2S. The minimum Gasteiger partial charge on any atom is -0.362 e. The molecular weight excluding hydrogens is 228 g/mol. The number of benzene rings is 1. The summed E-state index contributed by atoms with van der Waals surface area (Å²) < 4.78 is 0. The van der Waals surface area contributed by atoms with Gasteiger partial charge in [0.2, 0.25) is 0 Å². The van der Waals surface area contributed by atoms with Crippen molar-refractivity contribution in [2.24, 2.45) is 0 Å². The van der Waals surface area contributed by atoms with E-state index in [1.54, 1.807) is 0 Å². The third kappa shape index (κ3) is 4.73. The minimum atomic E-state index is 0.497. The first-order chi connectivity index (χ1) is 8.15. The van der Waals surface area contributed by atoms with Crippen molar-refractivity contribution in [1.82, 2.24) is 5.32 Å². The molecule has 0 aliphatic carbocycles. The Hall–Kier alpha value is -1.09. The normalized spacial score (nSPS) is 10.4. The van der Waals surface area contributed by atoms with Crippen LogP contribution in [0.15, 0.2) is 24.3 Å². The second-order valence-electron chi connectivity index (χ2n) is 4.48. The summed E-state index contributed by atoms with van der Waals surface area (Å²) >= 11 is 5.27. The van der Waals surface area contributed by atoms with E-state index in [1.165, 1.54) is 12.0 Å². The van der Waals surface area contributed by atoms with E-state index in [4.69, 9.17) is 12.2 Å². The van der Waals surface area contributed by atoms with E-state index in [0.717, 1.165) is 18.7 Å². The molecule has 0 saturated carbocycles. The Kier molecular flexibility index (Phi) is 5.98. The van der Waals surface area contributed by atoms with Gasteiger partial charge in [0, 0.05) is 12.2 Å². The maximum Gasteiger partial charge on any atom is 0.170 e. The predicted molar refractivity (Wildman–Crippen MR) is 79.7 cm³/mol. The fourth-order valence-electron chi connectivity index (χ4n) is 1.66. The van der Waals surface area contributed by atoms with Gasteiger partial charge in [0.05, 0.1) is 0 Å². The highest BCUT2D eigenvalue weighted by Gasteiger charge is 2.06. The molecule has 0 saturated heterocycles. The molecule has 2 nitrogen and oxygen atoms in total. The van der Waals surface area contributed by atoms with E-state index in [2.05, 4.69) is 49.6 Å². The Morgan fingerprint density at radius 1 is 1.29 bits per heavy atom. The van der Waals surface area contributed by atoms with E-state index in [9.17, 15) is 0 Å². The molecule has 3 heteroatoms. The third-order valence-electron chi connectivity index (χ3n) is 2.65. The van der Waals surface area contributed by atoms with Crippen LogP contribution < -0.4 is 10.6 Å². The van der Waals surface area contributed by atoms with E-state index >= 15 is 0 Å². The molecule has 0 radical (unpaired) electrons. The molecule has 0 amide bonds. The van der Waals surface area contributed by atoms with Gasteiger partial charge < -0.3 is 10.6 Å². The van der Waals surface area contributed by atoms with Crippen molar-refractivity contribution in [2.45, 2.75) is 39.5 Å². The molecule has 0 bridgehead atoms. The lowest BCUT2D eigenvalue weighted by molar-refractivity contribution is 0.758. The Morgan fingerprint density at radius 2 is 2.00 bits per heavy atom. The molecule has 17 heavy (non-hydrogen) atoms. The zero-order valence-corrected chi connectivity index (χ0v) is 11.7. The largest absolute Gasteiger partial charge is 0.362 e. The van der Waals surface area contributed by atoms with Gasteiger partial charge in [-0.05, 0) is 36.2 Å². The molecule has 1 aromatic carbocycles. The fourth-order valence-corrected chi connectivity index (χ4v) is 1.87. The van der Waals surface area contributed by atoms with E-state index < -0.39 is 0 Å². The summed E-state index contributed by atoms with van der Waals surface area (Å²) in [7, 11) is 0. The van der Waals surface area contributed by atoms with Gasteiger partial charge in [0.1, 0.15) is 0 Å². The summed E-state index contributed by atoms with van der Waals surface area (Å²) in [5.74, 6) is 0.497. The molecule has 1 aromatic rings. The number of rotatable bonds is 5. The van der Waals surface area contributed by atoms with Crippen LogP contribution in [0.1, 0.15) is 45.1 Å². The van der Waals surface area contributed by atoms with Gasteiger partial charge in [0.25, 0.3) is 0 Å². The topological polar surface area (TPSA) is 24.1 Å². The highest BCUT2D eigenvalue weighted by molar-refractivity contribution is 7.80. The van der Waals surface area contributed by atoms with Crippen LogP contribution in [0.2, 0.25) is 0 Å². The summed E-state index contributed by atoms with van der Waals surface area (Å²) in [6, 6.07) is 8.31. The Bertz CT molecular complexity index is 361. The first kappa shape index (κ1) is 14.0. The summed E-state index contributed by atoms with van der Waals surface area (Å²) in [4.78, 5) is 0. The molecule has 94 valence electrons. The van der Waals surface area contributed by atoms with Gasteiger partial charge >= 0.3 is 0 Å². The molecule has 0 aromatic heterocycles. The molecule has 0 unspecified atom stereocenters. The first-order valence-electron chi connectivity index (χ1n) is 6.29. The minimum absolute atomic E-state index is 0.497. The zero-order valence-electron chi connectivity index (χ0n) is 10.9. The second-order valence-corrected chi connectivity index (χ2v) is 4.88. The average Bonchev–Trinajstić information content (AvgIpc) is 2.29. The van der Waals surface area contributed by atoms with E-state index in [-0.39, 0.29) is 0 Å². The molecule has 0 atom stereocenters. The lowest BCUT2D eigenvalue weighted by Crippen LogP contribution is -2.29. The van der Waals surface area contributed by atoms with Crippen LogP contribution in [0.25, 0.3) is 0 Å². The van der Waals surface area contributed by atoms with Gasteiger partial charge in [0.15, 0.2) is 5.11 Å². The SMILES string of the molecule is CCCCNC(=S)Nc1ccccc1C(C)C. The van der Waals surface area contributed by atoms with Crippen molar-refractivity contribution in [3.05, 3.63) is 29.8 Å². The van der Waals surface area contributed by atoms with Crippen LogP contribution in [0.3, 0.4) is 0 Å². The Morgan fingerprint density at radius 3 is 2.65 bits per heavy atom. The fraction of sp³-hybridized carbons (Fsp3) is 0.500. The standard InChI is InChI=1S/C14H22N2S/c1-4-5-10-15-14(17)16-13-9-7-6-8-12(13)11(2)3/h6-9,11H,4-5,10H2,1-3H3,(H2,15,16,17). The maximum atomic E-state index is 5.27. The number of hydrogen-bond donors (Lipinski definition) is 2. The molecule has 0 spiro atoms. The number of unbranched alkanes of at least 4 members (excludes halogenated alkanes) is 1. The molecule has 1 rings (SSSR count). The number of hydrogen-bond acceptors (Lipinski definition) is 1. The lowest BCUT2D eigenvalue weighted by atomic mass is 10.0. The van der Waals surface area contributed by atoms with Crippen LogP contribution in [0.4, 0.5) is 5.69 Å². The summed E-state index contributed by atoms with van der Waals surface area (Å²) in [6.07, 6.45) is 2.33. The summed E-state index contributed by atoms with van der Waals surface area (Å²) in [5.41, 5.74) is 2.41. The number of para-hydroxylation sites is 1. The summed E-state index contributed by atoms with van der Waals surface area (Å²) in [6.45, 7) is 7.49. The van der Waals surface area contributed by atoms with Crippen LogP contribution >= 0.6 is 12.2 Å². The van der Waals surface area contributed by atoms with Crippen molar-refractivity contribution in [3.8, 4) is 0 Å². The second kappa shape index (κ2) is 7.28. The molecule has 0 fully saturated rings. The quantitative estimate of drug-likeness (QED) is 0.612. The highest BCUT2D eigenvalue weighted by Crippen LogP contribution is 2.23. The molecule has 0 aliphatic heterocycles. The van der Waals surface area contributed by atoms with E-state index in [1.807, 2.05) is 6.07 Å². The molecule has 0 heterocycles. The van der Waals surface area contributed by atoms with E-state index in [0.29, 0.717) is 11.0 Å². The highest BCUT2D eigenvalue weighted by atomic mass is 32.1. The smallest absolute Gasteiger partial charge is 0.170 e. The summed E-state index contributed by atoms with van der Waals surface area (Å²) in [5, 5.41) is 7.20. The van der Waals surface area contributed by atoms with Crippen LogP contribution in [0.5, 0.6) is 0 Å². The van der Waals surface area contributed by atoms with Crippen molar-refractivity contribution >= 4 is 23.0 Å². The lowest BCUT2D eigenvalue weighted by Gasteiger charge is -2.15. The maximum absolute atomic E-state index is 5.27. The van der Waals surface area contributed by atoms with Crippen molar-refractivity contribution in [1.29, 1.82) is 0 Å². The predicted octanol–water partition coefficient (Wildman–Crippen LogP) is 3.90. The van der Waals surface area contributed by atoms with Gasteiger partial charge in [-0.1, -0.05) is 45.4 Å². The van der Waals surface area contributed by atoms with Gasteiger partial charge in [-0.15, -0.1) is 0 Å². The number of thiocarbonyl (C=S) groups is 1. The van der Waals surface area contributed by atoms with Crippen molar-refractivity contribution in [2.75, 3.05) is 11.9 Å². The van der Waals surface area contributed by atoms with Gasteiger partial charge in [-0.25, -0.2) is 0 Å². The molecule has 2 N–H and O–H groups in total. The van der Waals surface area contributed by atoms with Gasteiger partial charge in [-0.2, -0.15) is 0 Å². The Labute approximate surface area is 110 Å². The van der Waals surface area contributed by atoms with Crippen LogP contribution in [-0.4, -0.2) is 11.7 Å². The molecule has 0 aliphatic rings. The third-order valence-corrected chi connectivity index (χ3v) is 2.89. The van der Waals surface area contributed by atoms with Crippen LogP contribution in [-0.2, 0) is 0 Å². The van der Waals surface area contributed by atoms with Gasteiger partial charge in [-0.3, -0.25) is 0 Å². The average molecular weight is 250 g/mol. The monoisotopic (exact) mass is 250 g/mol. The first-order valence-corrected chi connectivity index (χ1v) is 6.69. The Balaban J connectivity index is 2.58. The van der Waals surface area contributed by atoms with Crippen molar-refractivity contribution < 1.29 is 0 Å². The van der Waals surface area contributed by atoms with Crippen molar-refractivity contribution in [3.63, 3.8) is 0 Å². The zero-order chi connectivity index (χ0) is 12.7. The number of anilines is 1. The number of nitrogens with one attached hydrogen (secondary N) is 2.